The van der Waals surface area contributed by atoms with Gasteiger partial charge in [-0.15, -0.1) is 11.3 Å². The molecule has 0 aliphatic rings. The fraction of sp³-hybridized carbons (Fsp3) is 0.286. The van der Waals surface area contributed by atoms with Gasteiger partial charge in [-0.25, -0.2) is 4.98 Å². The van der Waals surface area contributed by atoms with Crippen molar-refractivity contribution in [2.45, 2.75) is 13.0 Å². The molecule has 0 bridgehead atoms. The average molecular weight is 458 g/mol. The number of carbonyl (C=O) groups excluding carboxylic acids is 3. The van der Waals surface area contributed by atoms with Crippen molar-refractivity contribution in [3.8, 4) is 0 Å². The van der Waals surface area contributed by atoms with E-state index < -0.39 is 11.8 Å². The van der Waals surface area contributed by atoms with Crippen LogP contribution in [0.1, 0.15) is 21.9 Å². The Morgan fingerprint density at radius 2 is 2.03 bits per heavy atom. The molecule has 0 saturated heterocycles. The second kappa shape index (κ2) is 11.7. The second-order valence-corrected chi connectivity index (χ2v) is 7.52. The van der Waals surface area contributed by atoms with E-state index in [2.05, 4.69) is 20.6 Å². The highest BCUT2D eigenvalue weighted by molar-refractivity contribution is 7.13. The van der Waals surface area contributed by atoms with E-state index in [4.69, 9.17) is 9.15 Å². The van der Waals surface area contributed by atoms with Crippen LogP contribution < -0.4 is 10.6 Å². The lowest BCUT2D eigenvalue weighted by Crippen LogP contribution is -2.39. The molecule has 11 heteroatoms. The number of carbonyl (C=O) groups is 3. The van der Waals surface area contributed by atoms with Gasteiger partial charge in [-0.3, -0.25) is 19.4 Å². The molecule has 0 spiro atoms. The number of thiazole rings is 1. The van der Waals surface area contributed by atoms with E-state index in [0.29, 0.717) is 17.4 Å². The number of ether oxygens (including phenoxy) is 1. The summed E-state index contributed by atoms with van der Waals surface area (Å²) in [5.74, 6) is -0.885. The van der Waals surface area contributed by atoms with E-state index in [0.717, 1.165) is 5.69 Å². The first-order valence-corrected chi connectivity index (χ1v) is 10.7. The zero-order chi connectivity index (χ0) is 22.8. The Morgan fingerprint density at radius 1 is 1.16 bits per heavy atom. The molecule has 0 fully saturated rings. The van der Waals surface area contributed by atoms with Crippen LogP contribution in [-0.2, 0) is 27.3 Å². The molecule has 0 unspecified atom stereocenters. The third-order valence-corrected chi connectivity index (χ3v) is 5.06. The zero-order valence-electron chi connectivity index (χ0n) is 17.4. The first kappa shape index (κ1) is 23.1. The van der Waals surface area contributed by atoms with Gasteiger partial charge in [0, 0.05) is 25.2 Å². The molecule has 3 amide bonds. The summed E-state index contributed by atoms with van der Waals surface area (Å²) in [6.45, 7) is 0.633. The molecule has 32 heavy (non-hydrogen) atoms. The number of nitrogens with zero attached hydrogens (tertiary/aromatic N) is 3. The molecule has 10 nitrogen and oxygen atoms in total. The van der Waals surface area contributed by atoms with Crippen LogP contribution in [-0.4, -0.2) is 59.4 Å². The van der Waals surface area contributed by atoms with Gasteiger partial charge in [-0.2, -0.15) is 0 Å². The van der Waals surface area contributed by atoms with Crippen molar-refractivity contribution in [2.24, 2.45) is 0 Å². The van der Waals surface area contributed by atoms with Crippen LogP contribution >= 0.6 is 11.3 Å². The van der Waals surface area contributed by atoms with Crippen molar-refractivity contribution < 1.29 is 23.5 Å². The Balaban J connectivity index is 1.50. The van der Waals surface area contributed by atoms with Gasteiger partial charge in [0.15, 0.2) is 10.9 Å². The van der Waals surface area contributed by atoms with Gasteiger partial charge in [0.2, 0.25) is 11.8 Å². The number of amides is 3. The summed E-state index contributed by atoms with van der Waals surface area (Å²) in [4.78, 5) is 46.9. The Labute approximate surface area is 188 Å². The van der Waals surface area contributed by atoms with Crippen molar-refractivity contribution in [3.63, 3.8) is 0 Å². The number of rotatable bonds is 11. The monoisotopic (exact) mass is 457 g/mol. The molecule has 0 atom stereocenters. The highest BCUT2D eigenvalue weighted by Gasteiger charge is 2.21. The molecule has 168 valence electrons. The molecule has 2 N–H and O–H groups in total. The Morgan fingerprint density at radius 3 is 2.75 bits per heavy atom. The van der Waals surface area contributed by atoms with Gasteiger partial charge >= 0.3 is 0 Å². The normalized spacial score (nSPS) is 10.5. The smallest absolute Gasteiger partial charge is 0.290 e. The summed E-state index contributed by atoms with van der Waals surface area (Å²) < 4.78 is 10.1. The molecule has 3 aromatic heterocycles. The molecule has 0 saturated carbocycles. The maximum Gasteiger partial charge on any atom is 0.290 e. The minimum absolute atomic E-state index is 0.0795. The van der Waals surface area contributed by atoms with Crippen molar-refractivity contribution in [3.05, 3.63) is 65.3 Å². The molecule has 3 heterocycles. The van der Waals surface area contributed by atoms with Crippen molar-refractivity contribution in [1.29, 1.82) is 0 Å². The predicted octanol–water partition coefficient (Wildman–Crippen LogP) is 1.72. The van der Waals surface area contributed by atoms with Crippen molar-refractivity contribution in [1.82, 2.24) is 20.2 Å². The van der Waals surface area contributed by atoms with Crippen LogP contribution in [0.3, 0.4) is 0 Å². The summed E-state index contributed by atoms with van der Waals surface area (Å²) in [5.41, 5.74) is 1.29. The molecule has 3 rings (SSSR count). The Bertz CT molecular complexity index is 1020. The van der Waals surface area contributed by atoms with Gasteiger partial charge in [0.05, 0.1) is 37.2 Å². The summed E-state index contributed by atoms with van der Waals surface area (Å²) in [5, 5.41) is 7.49. The summed E-state index contributed by atoms with van der Waals surface area (Å²) in [6, 6.07) is 8.61. The number of furan rings is 1. The maximum absolute atomic E-state index is 12.5. The van der Waals surface area contributed by atoms with Gasteiger partial charge in [-0.05, 0) is 24.3 Å². The zero-order valence-corrected chi connectivity index (χ0v) is 18.3. The van der Waals surface area contributed by atoms with Crippen molar-refractivity contribution in [2.75, 3.05) is 32.1 Å². The van der Waals surface area contributed by atoms with Crippen LogP contribution in [0.2, 0.25) is 0 Å². The Hall–Kier alpha value is -3.57. The third-order valence-electron chi connectivity index (χ3n) is 4.25. The number of pyridine rings is 1. The topological polar surface area (TPSA) is 127 Å². The predicted molar refractivity (Wildman–Crippen MR) is 117 cm³/mol. The third kappa shape index (κ3) is 7.00. The standard InChI is InChI=1S/C21H23N5O5S/c1-30-10-8-26(20(29)17-6-4-9-31-17)13-19(28)25-21-24-16(14-32-21)11-18(27)23-12-15-5-2-3-7-22-15/h2-7,9,14H,8,10-13H2,1H3,(H,23,27)(H,24,25,28). The van der Waals surface area contributed by atoms with Gasteiger partial charge < -0.3 is 24.7 Å². The number of aromatic nitrogens is 2. The highest BCUT2D eigenvalue weighted by Crippen LogP contribution is 2.16. The maximum atomic E-state index is 12.5. The fourth-order valence-electron chi connectivity index (χ4n) is 2.71. The lowest BCUT2D eigenvalue weighted by molar-refractivity contribution is -0.120. The quantitative estimate of drug-likeness (QED) is 0.449. The van der Waals surface area contributed by atoms with Gasteiger partial charge in [0.25, 0.3) is 5.91 Å². The van der Waals surface area contributed by atoms with Crippen LogP contribution in [0.15, 0.2) is 52.6 Å². The minimum atomic E-state index is -0.415. The fourth-order valence-corrected chi connectivity index (χ4v) is 3.43. The molecular weight excluding hydrogens is 434 g/mol. The number of hydrogen-bond donors (Lipinski definition) is 2. The number of methoxy groups -OCH3 is 1. The molecule has 0 aliphatic carbocycles. The SMILES string of the molecule is COCCN(CC(=O)Nc1nc(CC(=O)NCc2ccccn2)cs1)C(=O)c1ccco1. The van der Waals surface area contributed by atoms with E-state index in [1.54, 1.807) is 23.7 Å². The first-order chi connectivity index (χ1) is 15.5. The largest absolute Gasteiger partial charge is 0.459 e. The number of anilines is 1. The van der Waals surface area contributed by atoms with E-state index in [-0.39, 0.29) is 37.8 Å². The average Bonchev–Trinajstić information content (AvgIpc) is 3.48. The molecule has 0 aromatic carbocycles. The minimum Gasteiger partial charge on any atom is -0.459 e. The van der Waals surface area contributed by atoms with Gasteiger partial charge in [0.1, 0.15) is 6.54 Å². The van der Waals surface area contributed by atoms with Crippen LogP contribution in [0.4, 0.5) is 5.13 Å². The van der Waals surface area contributed by atoms with E-state index >= 15 is 0 Å². The molecule has 3 aromatic rings. The number of hydrogen-bond acceptors (Lipinski definition) is 8. The van der Waals surface area contributed by atoms with E-state index in [1.807, 2.05) is 12.1 Å². The van der Waals surface area contributed by atoms with Crippen molar-refractivity contribution >= 4 is 34.2 Å². The lowest BCUT2D eigenvalue weighted by Gasteiger charge is -2.20. The second-order valence-electron chi connectivity index (χ2n) is 6.66. The summed E-state index contributed by atoms with van der Waals surface area (Å²) >= 11 is 1.20. The highest BCUT2D eigenvalue weighted by atomic mass is 32.1. The van der Waals surface area contributed by atoms with E-state index in [9.17, 15) is 14.4 Å². The Kier molecular flexibility index (Phi) is 8.46. The van der Waals surface area contributed by atoms with Gasteiger partial charge in [-0.1, -0.05) is 6.07 Å². The first-order valence-electron chi connectivity index (χ1n) is 9.77. The van der Waals surface area contributed by atoms with Crippen LogP contribution in [0.25, 0.3) is 0 Å². The molecule has 0 aliphatic heterocycles. The summed E-state index contributed by atoms with van der Waals surface area (Å²) in [6.07, 6.45) is 3.14. The van der Waals surface area contributed by atoms with E-state index in [1.165, 1.54) is 35.7 Å². The lowest BCUT2D eigenvalue weighted by atomic mass is 10.3. The number of nitrogens with one attached hydrogen (secondary N) is 2. The van der Waals surface area contributed by atoms with Crippen LogP contribution in [0, 0.1) is 0 Å². The molecule has 0 radical (unpaired) electrons. The molecular formula is C21H23N5O5S. The van der Waals surface area contributed by atoms with Crippen LogP contribution in [0.5, 0.6) is 0 Å². The summed E-state index contributed by atoms with van der Waals surface area (Å²) in [7, 11) is 1.51.